The standard InChI is InChI=1S/C11H11NO4S3/c1-2-16-11(13)7-6-18-10(12-7)9(19(14)15)8-4-3-5-17-8/h3-6,9H,2H2,1H3,(H,14,15). The average Bonchev–Trinajstić information content (AvgIpc) is 3.00. The number of nitrogens with zero attached hydrogens (tertiary/aromatic N) is 1. The molecule has 0 aromatic carbocycles. The summed E-state index contributed by atoms with van der Waals surface area (Å²) >= 11 is 0.478. The zero-order valence-electron chi connectivity index (χ0n) is 9.94. The summed E-state index contributed by atoms with van der Waals surface area (Å²) in [4.78, 5) is 16.4. The van der Waals surface area contributed by atoms with Gasteiger partial charge in [0.2, 0.25) is 0 Å². The van der Waals surface area contributed by atoms with Crippen molar-refractivity contribution in [3.05, 3.63) is 38.5 Å². The maximum absolute atomic E-state index is 11.5. The fraction of sp³-hybridized carbons (Fsp3) is 0.273. The fourth-order valence-electron chi connectivity index (χ4n) is 1.45. The van der Waals surface area contributed by atoms with Gasteiger partial charge in [-0.25, -0.2) is 14.0 Å². The maximum atomic E-state index is 11.5. The van der Waals surface area contributed by atoms with Gasteiger partial charge in [0, 0.05) is 10.3 Å². The van der Waals surface area contributed by atoms with Crippen molar-refractivity contribution >= 4 is 39.7 Å². The fourth-order valence-corrected chi connectivity index (χ4v) is 4.35. The van der Waals surface area contributed by atoms with Crippen molar-refractivity contribution in [2.24, 2.45) is 0 Å². The third-order valence-electron chi connectivity index (χ3n) is 2.23. The van der Waals surface area contributed by atoms with Gasteiger partial charge in [-0.1, -0.05) is 6.07 Å². The van der Waals surface area contributed by atoms with Crippen LogP contribution in [-0.4, -0.2) is 26.3 Å². The molecule has 0 radical (unpaired) electrons. The van der Waals surface area contributed by atoms with Gasteiger partial charge < -0.3 is 9.29 Å². The largest absolute Gasteiger partial charge is 0.461 e. The van der Waals surface area contributed by atoms with E-state index in [-0.39, 0.29) is 12.3 Å². The number of carbonyl (C=O) groups excluding carboxylic acids is 1. The van der Waals surface area contributed by atoms with Crippen LogP contribution in [0.4, 0.5) is 0 Å². The number of thiazole rings is 1. The van der Waals surface area contributed by atoms with Crippen LogP contribution in [0.2, 0.25) is 0 Å². The summed E-state index contributed by atoms with van der Waals surface area (Å²) in [6, 6.07) is 3.58. The van der Waals surface area contributed by atoms with Crippen LogP contribution in [0.15, 0.2) is 22.9 Å². The summed E-state index contributed by atoms with van der Waals surface area (Å²) in [7, 11) is 0. The van der Waals surface area contributed by atoms with Crippen molar-refractivity contribution in [2.45, 2.75) is 12.2 Å². The molecule has 1 N–H and O–H groups in total. The van der Waals surface area contributed by atoms with E-state index in [4.69, 9.17) is 4.74 Å². The zero-order valence-corrected chi connectivity index (χ0v) is 12.4. The molecule has 2 aromatic rings. The molecular formula is C11H11NO4S3. The van der Waals surface area contributed by atoms with Gasteiger partial charge >= 0.3 is 5.97 Å². The molecule has 0 bridgehead atoms. The van der Waals surface area contributed by atoms with E-state index in [9.17, 15) is 13.6 Å². The minimum atomic E-state index is -2.08. The molecule has 0 aliphatic rings. The Bertz CT molecular complexity index is 579. The third-order valence-corrected chi connectivity index (χ3v) is 5.26. The first kappa shape index (κ1) is 14.3. The Morgan fingerprint density at radius 1 is 1.58 bits per heavy atom. The molecule has 102 valence electrons. The van der Waals surface area contributed by atoms with Crippen LogP contribution in [0.1, 0.15) is 32.5 Å². The van der Waals surface area contributed by atoms with Crippen molar-refractivity contribution in [1.29, 1.82) is 0 Å². The summed E-state index contributed by atoms with van der Waals surface area (Å²) in [5.41, 5.74) is 0.175. The van der Waals surface area contributed by atoms with Crippen LogP contribution in [-0.2, 0) is 15.8 Å². The highest BCUT2D eigenvalue weighted by Crippen LogP contribution is 2.32. The first-order valence-corrected chi connectivity index (χ1v) is 8.32. The highest BCUT2D eigenvalue weighted by atomic mass is 32.2. The van der Waals surface area contributed by atoms with Crippen molar-refractivity contribution < 1.29 is 18.3 Å². The second-order valence-electron chi connectivity index (χ2n) is 3.46. The molecule has 5 nitrogen and oxygen atoms in total. The summed E-state index contributed by atoms with van der Waals surface area (Å²) in [6.45, 7) is 1.98. The molecule has 2 heterocycles. The molecule has 0 fully saturated rings. The van der Waals surface area contributed by atoms with E-state index in [1.807, 2.05) is 5.38 Å². The summed E-state index contributed by atoms with van der Waals surface area (Å²) in [5.74, 6) is -0.515. The number of hydrogen-bond donors (Lipinski definition) is 1. The van der Waals surface area contributed by atoms with Crippen LogP contribution in [0.25, 0.3) is 0 Å². The lowest BCUT2D eigenvalue weighted by atomic mass is 10.3. The second kappa shape index (κ2) is 6.38. The molecular weight excluding hydrogens is 306 g/mol. The van der Waals surface area contributed by atoms with Gasteiger partial charge in [-0.2, -0.15) is 0 Å². The molecule has 2 atom stereocenters. The lowest BCUT2D eigenvalue weighted by Crippen LogP contribution is -2.08. The molecule has 19 heavy (non-hydrogen) atoms. The van der Waals surface area contributed by atoms with Gasteiger partial charge in [0.05, 0.1) is 6.61 Å². The predicted octanol–water partition coefficient (Wildman–Crippen LogP) is 2.69. The van der Waals surface area contributed by atoms with E-state index in [2.05, 4.69) is 4.98 Å². The van der Waals surface area contributed by atoms with Crippen LogP contribution >= 0.6 is 22.7 Å². The summed E-state index contributed by atoms with van der Waals surface area (Å²) < 4.78 is 25.7. The highest BCUT2D eigenvalue weighted by molar-refractivity contribution is 7.80. The summed E-state index contributed by atoms with van der Waals surface area (Å²) in [5, 5.41) is 3.09. The number of carbonyl (C=O) groups is 1. The molecule has 0 saturated carbocycles. The van der Waals surface area contributed by atoms with Gasteiger partial charge in [-0.05, 0) is 18.4 Å². The zero-order chi connectivity index (χ0) is 13.8. The predicted molar refractivity (Wildman–Crippen MR) is 75.0 cm³/mol. The maximum Gasteiger partial charge on any atom is 0.357 e. The quantitative estimate of drug-likeness (QED) is 0.678. The smallest absolute Gasteiger partial charge is 0.357 e. The van der Waals surface area contributed by atoms with E-state index < -0.39 is 22.3 Å². The van der Waals surface area contributed by atoms with Crippen molar-refractivity contribution in [3.63, 3.8) is 0 Å². The number of thiophene rings is 1. The first-order chi connectivity index (χ1) is 9.13. The second-order valence-corrected chi connectivity index (χ2v) is 6.36. The average molecular weight is 317 g/mol. The Labute approximate surface area is 120 Å². The molecule has 0 amide bonds. The third kappa shape index (κ3) is 3.27. The van der Waals surface area contributed by atoms with E-state index in [0.29, 0.717) is 5.01 Å². The van der Waals surface area contributed by atoms with Crippen molar-refractivity contribution in [1.82, 2.24) is 4.98 Å². The molecule has 8 heteroatoms. The van der Waals surface area contributed by atoms with Gasteiger partial charge in [0.15, 0.2) is 16.8 Å². The lowest BCUT2D eigenvalue weighted by molar-refractivity contribution is 0.0520. The van der Waals surface area contributed by atoms with Crippen LogP contribution in [0, 0.1) is 0 Å². The Balaban J connectivity index is 2.29. The minimum absolute atomic E-state index is 0.175. The Hall–Kier alpha value is -1.09. The van der Waals surface area contributed by atoms with Crippen molar-refractivity contribution in [3.8, 4) is 0 Å². The van der Waals surface area contributed by atoms with Gasteiger partial charge in [-0.15, -0.1) is 22.7 Å². The Morgan fingerprint density at radius 2 is 2.37 bits per heavy atom. The van der Waals surface area contributed by atoms with Crippen LogP contribution in [0.5, 0.6) is 0 Å². The molecule has 2 rings (SSSR count). The Kier molecular flexibility index (Phi) is 4.81. The number of hydrogen-bond acceptors (Lipinski definition) is 6. The van der Waals surface area contributed by atoms with E-state index in [1.54, 1.807) is 24.4 Å². The van der Waals surface area contributed by atoms with Gasteiger partial charge in [-0.3, -0.25) is 0 Å². The highest BCUT2D eigenvalue weighted by Gasteiger charge is 2.26. The minimum Gasteiger partial charge on any atom is -0.461 e. The molecule has 0 aliphatic carbocycles. The topological polar surface area (TPSA) is 76.5 Å². The van der Waals surface area contributed by atoms with Crippen LogP contribution < -0.4 is 0 Å². The normalized spacial score (nSPS) is 14.0. The lowest BCUT2D eigenvalue weighted by Gasteiger charge is -2.07. The SMILES string of the molecule is CCOC(=O)c1csc(C(c2cccs2)S(=O)O)n1. The number of rotatable bonds is 5. The molecule has 0 spiro atoms. The summed E-state index contributed by atoms with van der Waals surface area (Å²) in [6.07, 6.45) is 0. The van der Waals surface area contributed by atoms with E-state index >= 15 is 0 Å². The molecule has 0 aliphatic heterocycles. The Morgan fingerprint density at radius 3 is 2.95 bits per heavy atom. The van der Waals surface area contributed by atoms with Crippen LogP contribution in [0.3, 0.4) is 0 Å². The number of ether oxygens (including phenoxy) is 1. The van der Waals surface area contributed by atoms with Crippen molar-refractivity contribution in [2.75, 3.05) is 6.61 Å². The molecule has 0 saturated heterocycles. The monoisotopic (exact) mass is 317 g/mol. The molecule has 2 aromatic heterocycles. The van der Waals surface area contributed by atoms with E-state index in [1.165, 1.54) is 22.7 Å². The number of aromatic nitrogens is 1. The van der Waals surface area contributed by atoms with E-state index in [0.717, 1.165) is 4.88 Å². The molecule has 2 unspecified atom stereocenters. The van der Waals surface area contributed by atoms with Gasteiger partial charge in [0.25, 0.3) is 0 Å². The van der Waals surface area contributed by atoms with Gasteiger partial charge in [0.1, 0.15) is 10.3 Å². The first-order valence-electron chi connectivity index (χ1n) is 5.39. The number of esters is 1.